The number of nitrogens with zero attached hydrogens (tertiary/aromatic N) is 1. The number of hydrogen-bond donors (Lipinski definition) is 1. The second kappa shape index (κ2) is 6.62. The summed E-state index contributed by atoms with van der Waals surface area (Å²) < 4.78 is 33.0. The molecule has 7 heteroatoms. The fourth-order valence-corrected chi connectivity index (χ4v) is 3.01. The molecule has 1 aromatic carbocycles. The van der Waals surface area contributed by atoms with Gasteiger partial charge in [0.2, 0.25) is 11.8 Å². The molecule has 2 saturated heterocycles. The summed E-state index contributed by atoms with van der Waals surface area (Å²) in [5.74, 6) is -2.96. The third-order valence-corrected chi connectivity index (χ3v) is 4.23. The highest BCUT2D eigenvalue weighted by atomic mass is 19.1. The van der Waals surface area contributed by atoms with Crippen molar-refractivity contribution >= 4 is 17.5 Å². The van der Waals surface area contributed by atoms with Gasteiger partial charge < -0.3 is 15.0 Å². The molecule has 2 aliphatic rings. The Morgan fingerprint density at radius 1 is 1.35 bits per heavy atom. The van der Waals surface area contributed by atoms with Gasteiger partial charge in [-0.05, 0) is 25.0 Å². The number of anilines is 1. The minimum Gasteiger partial charge on any atom is -0.376 e. The fraction of sp³-hybridized carbons (Fsp3) is 0.500. The zero-order valence-electron chi connectivity index (χ0n) is 12.6. The Balaban J connectivity index is 1.63. The van der Waals surface area contributed by atoms with E-state index in [0.717, 1.165) is 29.9 Å². The number of benzene rings is 1. The van der Waals surface area contributed by atoms with Crippen molar-refractivity contribution in [1.29, 1.82) is 0 Å². The Labute approximate surface area is 132 Å². The molecule has 2 unspecified atom stereocenters. The summed E-state index contributed by atoms with van der Waals surface area (Å²) in [5.41, 5.74) is -0.382. The van der Waals surface area contributed by atoms with E-state index >= 15 is 0 Å². The molecule has 23 heavy (non-hydrogen) atoms. The molecule has 2 aliphatic heterocycles. The molecule has 2 fully saturated rings. The van der Waals surface area contributed by atoms with E-state index < -0.39 is 23.5 Å². The van der Waals surface area contributed by atoms with Crippen molar-refractivity contribution in [2.24, 2.45) is 5.92 Å². The predicted molar refractivity (Wildman–Crippen MR) is 78.8 cm³/mol. The Kier molecular flexibility index (Phi) is 4.56. The smallest absolute Gasteiger partial charge is 0.228 e. The Morgan fingerprint density at radius 2 is 2.09 bits per heavy atom. The van der Waals surface area contributed by atoms with Crippen molar-refractivity contribution in [2.45, 2.75) is 25.4 Å². The average molecular weight is 324 g/mol. The average Bonchev–Trinajstić information content (AvgIpc) is 3.15. The molecule has 124 valence electrons. The number of ether oxygens (including phenoxy) is 1. The second-order valence-electron chi connectivity index (χ2n) is 5.86. The van der Waals surface area contributed by atoms with Crippen LogP contribution in [0.15, 0.2) is 18.2 Å². The van der Waals surface area contributed by atoms with Gasteiger partial charge in [0, 0.05) is 26.1 Å². The number of rotatable bonds is 4. The first kappa shape index (κ1) is 15.9. The first-order valence-corrected chi connectivity index (χ1v) is 7.70. The molecule has 3 rings (SSSR count). The van der Waals surface area contributed by atoms with Gasteiger partial charge in [-0.25, -0.2) is 8.78 Å². The first-order valence-electron chi connectivity index (χ1n) is 7.70. The summed E-state index contributed by atoms with van der Waals surface area (Å²) in [6.45, 7) is 1.08. The van der Waals surface area contributed by atoms with Gasteiger partial charge in [-0.2, -0.15) is 0 Å². The zero-order valence-corrected chi connectivity index (χ0v) is 12.6. The van der Waals surface area contributed by atoms with Gasteiger partial charge in [0.25, 0.3) is 0 Å². The number of para-hydroxylation sites is 1. The number of carbonyl (C=O) groups excluding carboxylic acids is 2. The third-order valence-electron chi connectivity index (χ3n) is 4.23. The standard InChI is InChI=1S/C16H18F2N2O3/c17-12-4-1-5-13(18)15(12)20-9-10(7-14(20)21)16(22)19-8-11-3-2-6-23-11/h1,4-5,10-11H,2-3,6-9H2,(H,19,22). The summed E-state index contributed by atoms with van der Waals surface area (Å²) in [5, 5.41) is 2.76. The van der Waals surface area contributed by atoms with E-state index in [2.05, 4.69) is 5.32 Å². The molecule has 0 radical (unpaired) electrons. The fourth-order valence-electron chi connectivity index (χ4n) is 3.01. The maximum absolute atomic E-state index is 13.8. The van der Waals surface area contributed by atoms with Crippen LogP contribution in [0.2, 0.25) is 0 Å². The van der Waals surface area contributed by atoms with Crippen LogP contribution in [-0.2, 0) is 14.3 Å². The highest BCUT2D eigenvalue weighted by Crippen LogP contribution is 2.29. The third kappa shape index (κ3) is 3.34. The van der Waals surface area contributed by atoms with Crippen LogP contribution in [0.3, 0.4) is 0 Å². The maximum atomic E-state index is 13.8. The van der Waals surface area contributed by atoms with Gasteiger partial charge in [0.05, 0.1) is 12.0 Å². The lowest BCUT2D eigenvalue weighted by Gasteiger charge is -2.18. The minimum absolute atomic E-state index is 0.0103. The van der Waals surface area contributed by atoms with Crippen LogP contribution in [0.25, 0.3) is 0 Å². The summed E-state index contributed by atoms with van der Waals surface area (Å²) in [6, 6.07) is 3.42. The van der Waals surface area contributed by atoms with E-state index in [1.165, 1.54) is 6.07 Å². The van der Waals surface area contributed by atoms with Crippen LogP contribution in [0.1, 0.15) is 19.3 Å². The van der Waals surface area contributed by atoms with E-state index in [1.54, 1.807) is 0 Å². The molecular formula is C16H18F2N2O3. The van der Waals surface area contributed by atoms with Gasteiger partial charge in [0.1, 0.15) is 17.3 Å². The van der Waals surface area contributed by atoms with Crippen LogP contribution in [0.5, 0.6) is 0 Å². The monoisotopic (exact) mass is 324 g/mol. The van der Waals surface area contributed by atoms with Crippen LogP contribution in [-0.4, -0.2) is 37.6 Å². The summed E-state index contributed by atoms with van der Waals surface area (Å²) >= 11 is 0. The lowest BCUT2D eigenvalue weighted by atomic mass is 10.1. The minimum atomic E-state index is -0.807. The van der Waals surface area contributed by atoms with Crippen LogP contribution < -0.4 is 10.2 Å². The second-order valence-corrected chi connectivity index (χ2v) is 5.86. The van der Waals surface area contributed by atoms with Crippen molar-refractivity contribution in [3.8, 4) is 0 Å². The molecule has 0 bridgehead atoms. The Hall–Kier alpha value is -2.02. The van der Waals surface area contributed by atoms with Crippen molar-refractivity contribution in [1.82, 2.24) is 5.32 Å². The van der Waals surface area contributed by atoms with Gasteiger partial charge in [-0.3, -0.25) is 9.59 Å². The van der Waals surface area contributed by atoms with Crippen molar-refractivity contribution in [2.75, 3.05) is 24.6 Å². The summed E-state index contributed by atoms with van der Waals surface area (Å²) in [6.07, 6.45) is 1.83. The molecule has 1 N–H and O–H groups in total. The van der Waals surface area contributed by atoms with Crippen molar-refractivity contribution in [3.05, 3.63) is 29.8 Å². The Morgan fingerprint density at radius 3 is 2.74 bits per heavy atom. The molecule has 0 saturated carbocycles. The largest absolute Gasteiger partial charge is 0.376 e. The number of amides is 2. The number of carbonyl (C=O) groups is 2. The van der Waals surface area contributed by atoms with Crippen LogP contribution >= 0.6 is 0 Å². The summed E-state index contributed by atoms with van der Waals surface area (Å²) in [7, 11) is 0. The first-order chi connectivity index (χ1) is 11.1. The number of halogens is 2. The van der Waals surface area contributed by atoms with Crippen LogP contribution in [0.4, 0.5) is 14.5 Å². The highest BCUT2D eigenvalue weighted by molar-refractivity contribution is 6.00. The number of nitrogens with one attached hydrogen (secondary N) is 1. The van der Waals surface area contributed by atoms with E-state index in [1.807, 2.05) is 0 Å². The predicted octanol–water partition coefficient (Wildman–Crippen LogP) is 1.61. The molecule has 1 aromatic rings. The topological polar surface area (TPSA) is 58.6 Å². The zero-order chi connectivity index (χ0) is 16.4. The molecule has 0 spiro atoms. The molecule has 2 atom stereocenters. The van der Waals surface area contributed by atoms with E-state index in [0.29, 0.717) is 13.2 Å². The SMILES string of the molecule is O=C(NCC1CCCO1)C1CC(=O)N(c2c(F)cccc2F)C1. The Bertz CT molecular complexity index is 597. The summed E-state index contributed by atoms with van der Waals surface area (Å²) in [4.78, 5) is 25.2. The van der Waals surface area contributed by atoms with E-state index in [9.17, 15) is 18.4 Å². The van der Waals surface area contributed by atoms with Gasteiger partial charge in [-0.1, -0.05) is 6.07 Å². The molecular weight excluding hydrogens is 306 g/mol. The van der Waals surface area contributed by atoms with E-state index in [-0.39, 0.29) is 30.7 Å². The van der Waals surface area contributed by atoms with Crippen molar-refractivity contribution < 1.29 is 23.1 Å². The maximum Gasteiger partial charge on any atom is 0.228 e. The van der Waals surface area contributed by atoms with Crippen LogP contribution in [0, 0.1) is 17.6 Å². The van der Waals surface area contributed by atoms with Gasteiger partial charge in [0.15, 0.2) is 0 Å². The molecule has 5 nitrogen and oxygen atoms in total. The van der Waals surface area contributed by atoms with Gasteiger partial charge >= 0.3 is 0 Å². The number of hydrogen-bond acceptors (Lipinski definition) is 3. The van der Waals surface area contributed by atoms with Crippen molar-refractivity contribution in [3.63, 3.8) is 0 Å². The van der Waals surface area contributed by atoms with Gasteiger partial charge in [-0.15, -0.1) is 0 Å². The lowest BCUT2D eigenvalue weighted by Crippen LogP contribution is -2.37. The molecule has 2 amide bonds. The normalized spacial score (nSPS) is 24.3. The molecule has 0 aliphatic carbocycles. The lowest BCUT2D eigenvalue weighted by molar-refractivity contribution is -0.126. The van der Waals surface area contributed by atoms with E-state index in [4.69, 9.17) is 4.74 Å². The molecule has 0 aromatic heterocycles. The quantitative estimate of drug-likeness (QED) is 0.915. The molecule has 2 heterocycles. The highest BCUT2D eigenvalue weighted by Gasteiger charge is 2.37.